The average molecular weight is 781 g/mol. The highest BCUT2D eigenvalue weighted by Gasteiger charge is 2.56. The molecular formula is C32H48N2O20. The molecule has 1 fully saturated rings. The third-order valence-electron chi connectivity index (χ3n) is 6.86. The van der Waals surface area contributed by atoms with E-state index in [4.69, 9.17) is 47.4 Å². The lowest BCUT2D eigenvalue weighted by atomic mass is 9.97. The van der Waals surface area contributed by atoms with Crippen LogP contribution in [0.3, 0.4) is 0 Å². The van der Waals surface area contributed by atoms with Gasteiger partial charge in [-0.1, -0.05) is 0 Å². The zero-order chi connectivity index (χ0) is 41.5. The molecule has 1 rings (SSSR count). The number of nitrogens with one attached hydrogen (secondary N) is 2. The molecule has 0 saturated carbocycles. The van der Waals surface area contributed by atoms with Crippen molar-refractivity contribution in [1.29, 1.82) is 0 Å². The smallest absolute Gasteiger partial charge is 0.303 e. The maximum Gasteiger partial charge on any atom is 0.303 e. The number of carbonyl (C=O) groups is 9. The molecule has 0 aromatic carbocycles. The van der Waals surface area contributed by atoms with E-state index < -0.39 is 128 Å². The van der Waals surface area contributed by atoms with Gasteiger partial charge < -0.3 is 57.9 Å². The zero-order valence-electron chi connectivity index (χ0n) is 31.5. The molecule has 1 amide bonds. The van der Waals surface area contributed by atoms with Crippen LogP contribution in [0.15, 0.2) is 0 Å². The number of hydrogen-bond acceptors (Lipinski definition) is 21. The van der Waals surface area contributed by atoms with Crippen LogP contribution in [0.2, 0.25) is 0 Å². The van der Waals surface area contributed by atoms with Gasteiger partial charge in [0.25, 0.3) is 5.91 Å². The molecule has 0 bridgehead atoms. The molecule has 54 heavy (non-hydrogen) atoms. The van der Waals surface area contributed by atoms with Gasteiger partial charge in [-0.15, -0.1) is 0 Å². The van der Waals surface area contributed by atoms with Crippen LogP contribution >= 0.6 is 0 Å². The van der Waals surface area contributed by atoms with E-state index in [2.05, 4.69) is 5.32 Å². The maximum atomic E-state index is 13.7. The van der Waals surface area contributed by atoms with Gasteiger partial charge in [-0.05, 0) is 13.8 Å². The summed E-state index contributed by atoms with van der Waals surface area (Å²) in [6.45, 7) is 8.76. The van der Waals surface area contributed by atoms with Crippen LogP contribution < -0.4 is 10.8 Å². The van der Waals surface area contributed by atoms with Crippen molar-refractivity contribution in [3.05, 3.63) is 0 Å². The largest absolute Gasteiger partial charge is 0.463 e. The zero-order valence-corrected chi connectivity index (χ0v) is 31.5. The molecule has 22 heteroatoms. The predicted octanol–water partition coefficient (Wildman–Crippen LogP) is -1.31. The van der Waals surface area contributed by atoms with Crippen molar-refractivity contribution < 1.29 is 95.7 Å². The van der Waals surface area contributed by atoms with Gasteiger partial charge in [0.2, 0.25) is 6.10 Å². The first kappa shape index (κ1) is 47.1. The number of rotatable bonds is 19. The molecule has 0 aliphatic carbocycles. The summed E-state index contributed by atoms with van der Waals surface area (Å²) in [5, 5.41) is 11.9. The Morgan fingerprint density at radius 2 is 1.13 bits per heavy atom. The molecule has 1 saturated heterocycles. The standard InChI is InChI=1S/C32H48N2O20/c1-14(35)45-11-22(47-16(3)37)25(26(49-18(5)39)28(51-20(7)41)30(43)33-13-32(9,10)34-44)54-31-29(52-21(8)42)27(50-19(6)40)24(48-17(4)38)23(53-31)12-46-15(2)36/h22-29,31,34,44H,11-13H2,1-10H3,(H,33,43)/t22?,23?,24-,25+,26+,27-,28?,29?,31-/m0/s1. The second kappa shape index (κ2) is 21.7. The first-order valence-corrected chi connectivity index (χ1v) is 16.3. The second-order valence-electron chi connectivity index (χ2n) is 12.4. The highest BCUT2D eigenvalue weighted by atomic mass is 16.8. The summed E-state index contributed by atoms with van der Waals surface area (Å²) < 4.78 is 54.7. The summed E-state index contributed by atoms with van der Waals surface area (Å²) in [4.78, 5) is 112. The Kier molecular flexibility index (Phi) is 18.9. The van der Waals surface area contributed by atoms with Crippen molar-refractivity contribution in [3.63, 3.8) is 0 Å². The molecule has 4 unspecified atom stereocenters. The van der Waals surface area contributed by atoms with Crippen LogP contribution in [0.1, 0.15) is 69.2 Å². The first-order valence-electron chi connectivity index (χ1n) is 16.3. The Bertz CT molecular complexity index is 1380. The molecule has 1 aliphatic rings. The van der Waals surface area contributed by atoms with Crippen LogP contribution in [0.5, 0.6) is 0 Å². The quantitative estimate of drug-likeness (QED) is 0.0778. The minimum Gasteiger partial charge on any atom is -0.463 e. The van der Waals surface area contributed by atoms with Gasteiger partial charge in [0.1, 0.15) is 25.4 Å². The van der Waals surface area contributed by atoms with Gasteiger partial charge in [0.05, 0.1) is 5.54 Å². The van der Waals surface area contributed by atoms with Gasteiger partial charge in [0, 0.05) is 61.9 Å². The Balaban J connectivity index is 4.16. The second-order valence-corrected chi connectivity index (χ2v) is 12.4. The molecule has 0 aromatic rings. The molecule has 1 aliphatic heterocycles. The number of ether oxygens (including phenoxy) is 10. The van der Waals surface area contributed by atoms with Crippen molar-refractivity contribution in [3.8, 4) is 0 Å². The van der Waals surface area contributed by atoms with Crippen LogP contribution in [0.25, 0.3) is 0 Å². The van der Waals surface area contributed by atoms with E-state index in [1.807, 2.05) is 5.48 Å². The minimum absolute atomic E-state index is 0.321. The summed E-state index contributed by atoms with van der Waals surface area (Å²) >= 11 is 0. The average Bonchev–Trinajstić information content (AvgIpc) is 3.03. The fourth-order valence-electron chi connectivity index (χ4n) is 4.83. The number of carbonyl (C=O) groups excluding carboxylic acids is 9. The summed E-state index contributed by atoms with van der Waals surface area (Å²) in [5.74, 6) is -9.09. The number of hydroxylamine groups is 1. The number of esters is 8. The molecule has 1 heterocycles. The fraction of sp³-hybridized carbons (Fsp3) is 0.719. The van der Waals surface area contributed by atoms with Gasteiger partial charge in [-0.3, -0.25) is 43.2 Å². The van der Waals surface area contributed by atoms with Gasteiger partial charge in [0.15, 0.2) is 36.8 Å². The van der Waals surface area contributed by atoms with Crippen molar-refractivity contribution >= 4 is 53.7 Å². The molecule has 3 N–H and O–H groups in total. The SMILES string of the molecule is CC(=O)OCC(OC(C)=O)[C@@H](O[C@@H]1OC(COC(C)=O)[C@H](OC(C)=O)[C@H](OC(C)=O)C1OC(C)=O)[C@@H](OC(C)=O)C(OC(C)=O)C(=O)NCC(C)(C)NO. The summed E-state index contributed by atoms with van der Waals surface area (Å²) in [5.41, 5.74) is 0.802. The third kappa shape index (κ3) is 16.4. The molecular weight excluding hydrogens is 732 g/mol. The molecule has 22 nitrogen and oxygen atoms in total. The first-order chi connectivity index (χ1) is 25.0. The number of amides is 1. The lowest BCUT2D eigenvalue weighted by molar-refractivity contribution is -0.331. The van der Waals surface area contributed by atoms with E-state index in [9.17, 15) is 48.4 Å². The Morgan fingerprint density at radius 1 is 0.630 bits per heavy atom. The minimum atomic E-state index is -2.16. The topological polar surface area (TPSA) is 290 Å². The molecule has 0 aromatic heterocycles. The number of hydrogen-bond donors (Lipinski definition) is 3. The Hall–Kier alpha value is -4.93. The van der Waals surface area contributed by atoms with E-state index in [-0.39, 0.29) is 6.54 Å². The van der Waals surface area contributed by atoms with Gasteiger partial charge in [-0.2, -0.15) is 5.48 Å². The lowest BCUT2D eigenvalue weighted by Crippen LogP contribution is -2.65. The molecule has 9 atom stereocenters. The van der Waals surface area contributed by atoms with E-state index in [1.54, 1.807) is 0 Å². The van der Waals surface area contributed by atoms with E-state index in [0.717, 1.165) is 55.4 Å². The fourth-order valence-corrected chi connectivity index (χ4v) is 4.83. The summed E-state index contributed by atoms with van der Waals surface area (Å²) in [7, 11) is 0. The van der Waals surface area contributed by atoms with Crippen LogP contribution in [-0.4, -0.2) is 139 Å². The maximum absolute atomic E-state index is 13.7. The monoisotopic (exact) mass is 780 g/mol. The summed E-state index contributed by atoms with van der Waals surface area (Å²) in [6, 6.07) is 0. The van der Waals surface area contributed by atoms with E-state index in [0.29, 0.717) is 0 Å². The third-order valence-corrected chi connectivity index (χ3v) is 6.86. The van der Waals surface area contributed by atoms with E-state index in [1.165, 1.54) is 13.8 Å². The Labute approximate surface area is 309 Å². The van der Waals surface area contributed by atoms with Crippen LogP contribution in [-0.2, 0) is 90.5 Å². The highest BCUT2D eigenvalue weighted by Crippen LogP contribution is 2.33. The molecule has 0 spiro atoms. The van der Waals surface area contributed by atoms with Crippen molar-refractivity contribution in [2.24, 2.45) is 0 Å². The molecule has 306 valence electrons. The predicted molar refractivity (Wildman–Crippen MR) is 172 cm³/mol. The normalized spacial score (nSPS) is 21.7. The van der Waals surface area contributed by atoms with Gasteiger partial charge >= 0.3 is 47.8 Å². The van der Waals surface area contributed by atoms with Crippen molar-refractivity contribution in [2.75, 3.05) is 19.8 Å². The summed E-state index contributed by atoms with van der Waals surface area (Å²) in [6.07, 6.45) is -17.2. The van der Waals surface area contributed by atoms with Crippen molar-refractivity contribution in [2.45, 2.75) is 130 Å². The van der Waals surface area contributed by atoms with Crippen molar-refractivity contribution in [1.82, 2.24) is 10.8 Å². The van der Waals surface area contributed by atoms with Gasteiger partial charge in [-0.25, -0.2) is 0 Å². The Morgan fingerprint density at radius 3 is 1.59 bits per heavy atom. The van der Waals surface area contributed by atoms with Crippen LogP contribution in [0, 0.1) is 0 Å². The highest BCUT2D eigenvalue weighted by molar-refractivity contribution is 5.84. The lowest BCUT2D eigenvalue weighted by Gasteiger charge is -2.46. The van der Waals surface area contributed by atoms with E-state index >= 15 is 0 Å². The van der Waals surface area contributed by atoms with Crippen LogP contribution in [0.4, 0.5) is 0 Å². The molecule has 0 radical (unpaired) electrons.